The molecular formula is C11H16OS. The molecule has 0 saturated carbocycles. The summed E-state index contributed by atoms with van der Waals surface area (Å²) in [6, 6.07) is 8.35. The van der Waals surface area contributed by atoms with E-state index in [1.165, 1.54) is 22.5 Å². The Kier molecular flexibility index (Phi) is 3.40. The Morgan fingerprint density at radius 1 is 1.15 bits per heavy atom. The van der Waals surface area contributed by atoms with Crippen molar-refractivity contribution < 1.29 is 4.18 Å². The Morgan fingerprint density at radius 3 is 2.31 bits per heavy atom. The zero-order valence-corrected chi connectivity index (χ0v) is 9.44. The third kappa shape index (κ3) is 2.75. The lowest BCUT2D eigenvalue weighted by atomic mass is 9.87. The minimum atomic E-state index is 0.183. The lowest BCUT2D eigenvalue weighted by Crippen LogP contribution is -2.12. The minimum absolute atomic E-state index is 0.183. The molecule has 0 amide bonds. The first-order valence-corrected chi connectivity index (χ1v) is 5.10. The summed E-state index contributed by atoms with van der Waals surface area (Å²) in [4.78, 5) is 1.21. The molecule has 0 saturated heterocycles. The van der Waals surface area contributed by atoms with Crippen molar-refractivity contribution in [3.8, 4) is 0 Å². The average Bonchev–Trinajstić information content (AvgIpc) is 2.04. The SMILES string of the molecule is COSc1ccccc1C(C)(C)C. The Morgan fingerprint density at radius 2 is 1.77 bits per heavy atom. The van der Waals surface area contributed by atoms with Crippen molar-refractivity contribution in [1.29, 1.82) is 0 Å². The van der Waals surface area contributed by atoms with Crippen LogP contribution in [0.5, 0.6) is 0 Å². The normalized spacial score (nSPS) is 11.7. The summed E-state index contributed by atoms with van der Waals surface area (Å²) >= 11 is 1.43. The molecule has 0 aliphatic heterocycles. The van der Waals surface area contributed by atoms with Crippen molar-refractivity contribution in [2.24, 2.45) is 0 Å². The fraction of sp³-hybridized carbons (Fsp3) is 0.455. The number of hydrogen-bond acceptors (Lipinski definition) is 2. The third-order valence-corrected chi connectivity index (χ3v) is 2.57. The lowest BCUT2D eigenvalue weighted by Gasteiger charge is -2.21. The first-order valence-electron chi connectivity index (χ1n) is 4.36. The quantitative estimate of drug-likeness (QED) is 0.668. The first kappa shape index (κ1) is 10.6. The number of benzene rings is 1. The van der Waals surface area contributed by atoms with E-state index in [1.807, 2.05) is 6.07 Å². The molecule has 13 heavy (non-hydrogen) atoms. The second-order valence-corrected chi connectivity index (χ2v) is 4.94. The number of hydrogen-bond donors (Lipinski definition) is 0. The van der Waals surface area contributed by atoms with Crippen LogP contribution in [-0.2, 0) is 9.60 Å². The van der Waals surface area contributed by atoms with Gasteiger partial charge in [-0.25, -0.2) is 0 Å². The molecule has 0 aliphatic carbocycles. The van der Waals surface area contributed by atoms with Gasteiger partial charge in [-0.05, 0) is 17.0 Å². The highest BCUT2D eigenvalue weighted by atomic mass is 32.2. The summed E-state index contributed by atoms with van der Waals surface area (Å²) in [5, 5.41) is 0. The molecule has 1 aromatic carbocycles. The van der Waals surface area contributed by atoms with Crippen LogP contribution in [0.4, 0.5) is 0 Å². The van der Waals surface area contributed by atoms with Crippen LogP contribution in [0, 0.1) is 0 Å². The van der Waals surface area contributed by atoms with Gasteiger partial charge >= 0.3 is 0 Å². The second-order valence-electron chi connectivity index (χ2n) is 4.00. The smallest absolute Gasteiger partial charge is 0.0508 e. The maximum absolute atomic E-state index is 5.08. The van der Waals surface area contributed by atoms with Crippen LogP contribution in [0.25, 0.3) is 0 Å². The highest BCUT2D eigenvalue weighted by Crippen LogP contribution is 2.32. The summed E-state index contributed by atoms with van der Waals surface area (Å²) in [5.74, 6) is 0. The molecule has 2 heteroatoms. The van der Waals surface area contributed by atoms with Crippen molar-refractivity contribution in [2.75, 3.05) is 7.11 Å². The molecular weight excluding hydrogens is 180 g/mol. The van der Waals surface area contributed by atoms with E-state index in [9.17, 15) is 0 Å². The van der Waals surface area contributed by atoms with E-state index in [1.54, 1.807) is 7.11 Å². The van der Waals surface area contributed by atoms with E-state index in [2.05, 4.69) is 39.0 Å². The predicted octanol–water partition coefficient (Wildman–Crippen LogP) is 3.64. The van der Waals surface area contributed by atoms with Crippen LogP contribution < -0.4 is 0 Å². The predicted molar refractivity (Wildman–Crippen MR) is 58.0 cm³/mol. The molecule has 0 bridgehead atoms. The maximum atomic E-state index is 5.08. The van der Waals surface area contributed by atoms with E-state index in [4.69, 9.17) is 4.18 Å². The first-order chi connectivity index (χ1) is 6.05. The molecule has 0 spiro atoms. The second kappa shape index (κ2) is 4.16. The van der Waals surface area contributed by atoms with E-state index >= 15 is 0 Å². The van der Waals surface area contributed by atoms with Crippen LogP contribution in [0.15, 0.2) is 29.2 Å². The van der Waals surface area contributed by atoms with Crippen LogP contribution in [-0.4, -0.2) is 7.11 Å². The molecule has 0 atom stereocenters. The lowest BCUT2D eigenvalue weighted by molar-refractivity contribution is 0.486. The molecule has 0 N–H and O–H groups in total. The molecule has 1 nitrogen and oxygen atoms in total. The number of rotatable bonds is 2. The Bertz CT molecular complexity index is 276. The van der Waals surface area contributed by atoms with Crippen LogP contribution in [0.1, 0.15) is 26.3 Å². The van der Waals surface area contributed by atoms with Crippen molar-refractivity contribution in [2.45, 2.75) is 31.1 Å². The molecule has 0 aromatic heterocycles. The summed E-state index contributed by atoms with van der Waals surface area (Å²) in [7, 11) is 1.70. The van der Waals surface area contributed by atoms with E-state index < -0.39 is 0 Å². The van der Waals surface area contributed by atoms with Gasteiger partial charge < -0.3 is 4.18 Å². The summed E-state index contributed by atoms with van der Waals surface area (Å²) < 4.78 is 5.08. The van der Waals surface area contributed by atoms with Gasteiger partial charge in [-0.3, -0.25) is 0 Å². The van der Waals surface area contributed by atoms with Gasteiger partial charge in [0, 0.05) is 16.9 Å². The molecule has 72 valence electrons. The molecule has 0 unspecified atom stereocenters. The summed E-state index contributed by atoms with van der Waals surface area (Å²) in [6.45, 7) is 6.63. The monoisotopic (exact) mass is 196 g/mol. The highest BCUT2D eigenvalue weighted by Gasteiger charge is 2.17. The van der Waals surface area contributed by atoms with Crippen LogP contribution in [0.3, 0.4) is 0 Å². The van der Waals surface area contributed by atoms with Crippen molar-refractivity contribution in [3.05, 3.63) is 29.8 Å². The van der Waals surface area contributed by atoms with Gasteiger partial charge in [0.05, 0.1) is 7.11 Å². The van der Waals surface area contributed by atoms with Gasteiger partial charge in [0.25, 0.3) is 0 Å². The fourth-order valence-corrected chi connectivity index (χ4v) is 2.03. The highest BCUT2D eigenvalue weighted by molar-refractivity contribution is 7.94. The maximum Gasteiger partial charge on any atom is 0.0508 e. The van der Waals surface area contributed by atoms with Gasteiger partial charge in [0.15, 0.2) is 0 Å². The van der Waals surface area contributed by atoms with Crippen molar-refractivity contribution >= 4 is 12.0 Å². The topological polar surface area (TPSA) is 9.23 Å². The minimum Gasteiger partial charge on any atom is -0.314 e. The summed E-state index contributed by atoms with van der Waals surface area (Å²) in [6.07, 6.45) is 0. The molecule has 0 fully saturated rings. The van der Waals surface area contributed by atoms with Gasteiger partial charge in [-0.2, -0.15) is 0 Å². The largest absolute Gasteiger partial charge is 0.314 e. The van der Waals surface area contributed by atoms with Crippen molar-refractivity contribution in [1.82, 2.24) is 0 Å². The van der Waals surface area contributed by atoms with Crippen LogP contribution in [0.2, 0.25) is 0 Å². The standard InChI is InChI=1S/C11H16OS/c1-11(2,3)9-7-5-6-8-10(9)13-12-4/h5-8H,1-4H3. The molecule has 1 aromatic rings. The van der Waals surface area contributed by atoms with Gasteiger partial charge in [-0.1, -0.05) is 39.0 Å². The molecule has 0 heterocycles. The summed E-state index contributed by atoms with van der Waals surface area (Å²) in [5.41, 5.74) is 1.52. The van der Waals surface area contributed by atoms with E-state index in [0.29, 0.717) is 0 Å². The van der Waals surface area contributed by atoms with Gasteiger partial charge in [0.1, 0.15) is 0 Å². The van der Waals surface area contributed by atoms with E-state index in [0.717, 1.165) is 0 Å². The Hall–Kier alpha value is -0.470. The van der Waals surface area contributed by atoms with Gasteiger partial charge in [0.2, 0.25) is 0 Å². The zero-order chi connectivity index (χ0) is 9.90. The zero-order valence-electron chi connectivity index (χ0n) is 8.63. The van der Waals surface area contributed by atoms with E-state index in [-0.39, 0.29) is 5.41 Å². The average molecular weight is 196 g/mol. The molecule has 0 radical (unpaired) electrons. The van der Waals surface area contributed by atoms with Crippen LogP contribution >= 0.6 is 12.0 Å². The molecule has 1 rings (SSSR count). The fourth-order valence-electron chi connectivity index (χ4n) is 1.25. The Balaban J connectivity index is 3.05. The van der Waals surface area contributed by atoms with Crippen molar-refractivity contribution in [3.63, 3.8) is 0 Å². The van der Waals surface area contributed by atoms with Gasteiger partial charge in [-0.15, -0.1) is 0 Å². The molecule has 0 aliphatic rings. The third-order valence-electron chi connectivity index (χ3n) is 1.87. The Labute approximate surface area is 84.7 Å².